The number of methoxy groups -OCH3 is 1. The van der Waals surface area contributed by atoms with Crippen molar-refractivity contribution in [2.24, 2.45) is 5.92 Å². The maximum Gasteiger partial charge on any atom is 0.323 e. The summed E-state index contributed by atoms with van der Waals surface area (Å²) in [5.74, 6) is 2.04. The maximum atomic E-state index is 14.4. The summed E-state index contributed by atoms with van der Waals surface area (Å²) in [6.45, 7) is 8.14. The van der Waals surface area contributed by atoms with Gasteiger partial charge in [-0.2, -0.15) is 0 Å². The number of hydrogen-bond donors (Lipinski definition) is 3. The van der Waals surface area contributed by atoms with E-state index in [1.165, 1.54) is 0 Å². The van der Waals surface area contributed by atoms with E-state index >= 15 is 0 Å². The van der Waals surface area contributed by atoms with Gasteiger partial charge in [-0.3, -0.25) is 9.69 Å². The lowest BCUT2D eigenvalue weighted by molar-refractivity contribution is -0.0177. The number of rotatable bonds is 9. The van der Waals surface area contributed by atoms with Gasteiger partial charge in [0.25, 0.3) is 5.91 Å². The summed E-state index contributed by atoms with van der Waals surface area (Å²) < 4.78 is 28.9. The van der Waals surface area contributed by atoms with Crippen LogP contribution in [0.1, 0.15) is 56.0 Å². The summed E-state index contributed by atoms with van der Waals surface area (Å²) in [6.07, 6.45) is 2.24. The minimum atomic E-state index is -0.487. The molecule has 270 valence electrons. The number of aliphatic hydroxyl groups is 1. The van der Waals surface area contributed by atoms with Crippen molar-refractivity contribution in [3.05, 3.63) is 71.8 Å². The molecule has 3 aromatic carbocycles. The summed E-state index contributed by atoms with van der Waals surface area (Å²) in [7, 11) is 3.72. The Labute approximate surface area is 294 Å². The van der Waals surface area contributed by atoms with Crippen molar-refractivity contribution in [2.45, 2.75) is 64.8 Å². The zero-order chi connectivity index (χ0) is 35.6. The van der Waals surface area contributed by atoms with Crippen LogP contribution in [0.3, 0.4) is 0 Å². The molecular weight excluding hydrogens is 640 g/mol. The van der Waals surface area contributed by atoms with Gasteiger partial charge in [0.15, 0.2) is 11.5 Å². The topological polar surface area (TPSA) is 131 Å². The van der Waals surface area contributed by atoms with Gasteiger partial charge in [-0.15, -0.1) is 0 Å². The zero-order valence-corrected chi connectivity index (χ0v) is 29.6. The molecule has 0 radical (unpaired) electrons. The van der Waals surface area contributed by atoms with Crippen LogP contribution in [0.15, 0.2) is 60.7 Å². The molecule has 50 heavy (non-hydrogen) atoms. The molecule has 2 aliphatic rings. The van der Waals surface area contributed by atoms with Crippen molar-refractivity contribution in [1.29, 1.82) is 0 Å². The molecule has 2 heterocycles. The van der Waals surface area contributed by atoms with E-state index in [-0.39, 0.29) is 37.4 Å². The summed E-state index contributed by atoms with van der Waals surface area (Å²) in [5.41, 5.74) is 2.41. The molecule has 0 saturated carbocycles. The Morgan fingerprint density at radius 3 is 2.42 bits per heavy atom. The number of carbonyl (C=O) groups is 2. The standard InChI is InChI=1S/C38H50N4O8/c1-25-20-42(26(2)23-43)37(44)32-18-29(39-38(45)40-30-12-16-34-35(19-30)49-24-48-34)11-15-33(32)50-27(3)8-6-7-17-47-36(25)22-41(4)21-28-9-13-31(46-5)14-10-28/h9-16,18-19,25-27,36,43H,6-8,17,20-24H2,1-5H3,(H2,39,40,45)/t25-,26-,27+,36-/m1/s1. The number of benzene rings is 3. The van der Waals surface area contributed by atoms with Crippen LogP contribution in [0.5, 0.6) is 23.0 Å². The highest BCUT2D eigenvalue weighted by Gasteiger charge is 2.30. The van der Waals surface area contributed by atoms with Gasteiger partial charge in [0.05, 0.1) is 37.5 Å². The molecule has 4 atom stereocenters. The molecule has 0 fully saturated rings. The molecule has 2 aliphatic heterocycles. The average molecular weight is 691 g/mol. The van der Waals surface area contributed by atoms with Crippen LogP contribution < -0.4 is 29.6 Å². The summed E-state index contributed by atoms with van der Waals surface area (Å²) in [5, 5.41) is 15.9. The fourth-order valence-corrected chi connectivity index (χ4v) is 6.15. The molecule has 0 aliphatic carbocycles. The van der Waals surface area contributed by atoms with Gasteiger partial charge in [0, 0.05) is 49.6 Å². The second kappa shape index (κ2) is 17.4. The second-order valence-electron chi connectivity index (χ2n) is 13.2. The first kappa shape index (κ1) is 36.8. The molecule has 3 aromatic rings. The number of hydrogen-bond acceptors (Lipinski definition) is 9. The molecule has 12 heteroatoms. The number of nitrogens with zero attached hydrogens (tertiary/aromatic N) is 2. The van der Waals surface area contributed by atoms with Crippen molar-refractivity contribution in [3.63, 3.8) is 0 Å². The van der Waals surface area contributed by atoms with Crippen LogP contribution >= 0.6 is 0 Å². The molecular formula is C38H50N4O8. The molecule has 0 saturated heterocycles. The molecule has 0 bridgehead atoms. The third-order valence-corrected chi connectivity index (χ3v) is 9.04. The quantitative estimate of drug-likeness (QED) is 0.248. The lowest BCUT2D eigenvalue weighted by Crippen LogP contribution is -2.47. The summed E-state index contributed by atoms with van der Waals surface area (Å²) >= 11 is 0. The van der Waals surface area contributed by atoms with Crippen LogP contribution in [0.25, 0.3) is 0 Å². The second-order valence-corrected chi connectivity index (χ2v) is 13.2. The van der Waals surface area contributed by atoms with E-state index in [9.17, 15) is 14.7 Å². The number of likely N-dealkylation sites (N-methyl/N-ethyl adjacent to an activating group) is 1. The van der Waals surface area contributed by atoms with Gasteiger partial charge >= 0.3 is 6.03 Å². The average Bonchev–Trinajstić information content (AvgIpc) is 3.58. The number of nitrogens with one attached hydrogen (secondary N) is 2. The fraction of sp³-hybridized carbons (Fsp3) is 0.474. The van der Waals surface area contributed by atoms with Gasteiger partial charge in [0.1, 0.15) is 11.5 Å². The van der Waals surface area contributed by atoms with Gasteiger partial charge in [0.2, 0.25) is 6.79 Å². The first-order valence-electron chi connectivity index (χ1n) is 17.3. The van der Waals surface area contributed by atoms with Crippen LogP contribution in [0.2, 0.25) is 0 Å². The first-order valence-corrected chi connectivity index (χ1v) is 17.3. The Morgan fingerprint density at radius 2 is 1.70 bits per heavy atom. The third kappa shape index (κ3) is 9.80. The molecule has 12 nitrogen and oxygen atoms in total. The Morgan fingerprint density at radius 1 is 1.00 bits per heavy atom. The van der Waals surface area contributed by atoms with Crippen molar-refractivity contribution in [3.8, 4) is 23.0 Å². The number of ether oxygens (including phenoxy) is 5. The summed E-state index contributed by atoms with van der Waals surface area (Å²) in [6, 6.07) is 17.3. The van der Waals surface area contributed by atoms with E-state index in [0.29, 0.717) is 53.9 Å². The Bertz CT molecular complexity index is 1590. The number of amides is 3. The maximum absolute atomic E-state index is 14.4. The van der Waals surface area contributed by atoms with Gasteiger partial charge in [-0.1, -0.05) is 19.1 Å². The highest BCUT2D eigenvalue weighted by molar-refractivity contribution is 6.02. The minimum absolute atomic E-state index is 0.0636. The predicted octanol–water partition coefficient (Wildman–Crippen LogP) is 6.00. The Hall–Kier alpha value is -4.52. The number of fused-ring (bicyclic) bond motifs is 2. The monoisotopic (exact) mass is 690 g/mol. The van der Waals surface area contributed by atoms with Crippen LogP contribution in [0, 0.1) is 5.92 Å². The SMILES string of the molecule is COc1ccc(CN(C)C[C@H]2OCCCC[C@H](C)Oc3ccc(NC(=O)Nc4ccc5c(c4)OCO5)cc3C(=O)N([C@H](C)CO)C[C@H]2C)cc1. The summed E-state index contributed by atoms with van der Waals surface area (Å²) in [4.78, 5) is 31.4. The minimum Gasteiger partial charge on any atom is -0.497 e. The number of urea groups is 1. The highest BCUT2D eigenvalue weighted by atomic mass is 16.7. The van der Waals surface area contributed by atoms with E-state index in [4.69, 9.17) is 23.7 Å². The van der Waals surface area contributed by atoms with E-state index in [1.807, 2.05) is 26.0 Å². The van der Waals surface area contributed by atoms with Gasteiger partial charge in [-0.25, -0.2) is 4.79 Å². The lowest BCUT2D eigenvalue weighted by Gasteiger charge is -2.36. The van der Waals surface area contributed by atoms with Crippen molar-refractivity contribution < 1.29 is 38.4 Å². The van der Waals surface area contributed by atoms with Crippen LogP contribution in [-0.4, -0.2) is 92.3 Å². The third-order valence-electron chi connectivity index (χ3n) is 9.04. The number of aliphatic hydroxyl groups excluding tert-OH is 1. The number of carbonyl (C=O) groups excluding carboxylic acids is 2. The van der Waals surface area contributed by atoms with Gasteiger partial charge < -0.3 is 44.3 Å². The molecule has 0 aromatic heterocycles. The van der Waals surface area contributed by atoms with E-state index in [2.05, 4.69) is 41.6 Å². The van der Waals surface area contributed by atoms with Crippen LogP contribution in [-0.2, 0) is 11.3 Å². The predicted molar refractivity (Wildman–Crippen MR) is 191 cm³/mol. The van der Waals surface area contributed by atoms with Gasteiger partial charge in [-0.05, 0) is 88.2 Å². The van der Waals surface area contributed by atoms with Crippen molar-refractivity contribution in [2.75, 3.05) is 57.9 Å². The highest BCUT2D eigenvalue weighted by Crippen LogP contribution is 2.34. The van der Waals surface area contributed by atoms with Crippen molar-refractivity contribution in [1.82, 2.24) is 9.80 Å². The zero-order valence-electron chi connectivity index (χ0n) is 29.6. The first-order chi connectivity index (χ1) is 24.1. The molecule has 5 rings (SSSR count). The van der Waals surface area contributed by atoms with Crippen LogP contribution in [0.4, 0.5) is 16.2 Å². The smallest absolute Gasteiger partial charge is 0.323 e. The van der Waals surface area contributed by atoms with E-state index in [1.54, 1.807) is 48.4 Å². The molecule has 3 N–H and O–H groups in total. The Balaban J connectivity index is 1.35. The largest absolute Gasteiger partial charge is 0.497 e. The Kier molecular flexibility index (Phi) is 12.8. The molecule has 3 amide bonds. The molecule has 0 spiro atoms. The lowest BCUT2D eigenvalue weighted by atomic mass is 10.0. The van der Waals surface area contributed by atoms with Crippen molar-refractivity contribution >= 4 is 23.3 Å². The number of anilines is 2. The normalized spacial score (nSPS) is 20.3. The fourth-order valence-electron chi connectivity index (χ4n) is 6.15. The van der Waals surface area contributed by atoms with E-state index < -0.39 is 12.1 Å². The molecule has 0 unspecified atom stereocenters. The van der Waals surface area contributed by atoms with E-state index in [0.717, 1.165) is 37.1 Å².